The van der Waals surface area contributed by atoms with E-state index in [-0.39, 0.29) is 0 Å². The predicted octanol–water partition coefficient (Wildman–Crippen LogP) is 3.07. The molecule has 0 aromatic carbocycles. The molecule has 4 nitrogen and oxygen atoms in total. The summed E-state index contributed by atoms with van der Waals surface area (Å²) in [4.78, 5) is 20.5. The third kappa shape index (κ3) is 2.30. The molecular weight excluding hydrogens is 268 g/mol. The minimum Gasteiger partial charge on any atom is -0.477 e. The van der Waals surface area contributed by atoms with Crippen molar-refractivity contribution in [2.75, 3.05) is 0 Å². The first-order valence-corrected chi connectivity index (χ1v) is 7.47. The zero-order valence-corrected chi connectivity index (χ0v) is 11.5. The summed E-state index contributed by atoms with van der Waals surface area (Å²) in [6.07, 6.45) is 2.78. The van der Waals surface area contributed by atoms with Crippen LogP contribution in [0.2, 0.25) is 0 Å². The fourth-order valence-corrected chi connectivity index (χ4v) is 3.50. The van der Waals surface area contributed by atoms with Crippen LogP contribution in [0, 0.1) is 6.92 Å². The molecule has 1 aliphatic carbocycles. The van der Waals surface area contributed by atoms with Crippen molar-refractivity contribution in [3.8, 4) is 0 Å². The Morgan fingerprint density at radius 1 is 1.50 bits per heavy atom. The largest absolute Gasteiger partial charge is 0.477 e. The summed E-state index contributed by atoms with van der Waals surface area (Å²) < 4.78 is 0. The van der Waals surface area contributed by atoms with Crippen molar-refractivity contribution >= 4 is 28.6 Å². The van der Waals surface area contributed by atoms with Crippen LogP contribution in [0.15, 0.2) is 5.38 Å². The molecule has 0 atom stereocenters. The molecule has 6 heteroatoms. The van der Waals surface area contributed by atoms with Crippen molar-refractivity contribution in [3.05, 3.63) is 31.7 Å². The number of carboxylic acid groups (broad SMARTS) is 1. The van der Waals surface area contributed by atoms with E-state index in [9.17, 15) is 9.90 Å². The molecule has 0 unspecified atom stereocenters. The standard InChI is InChI=1S/C12H12N2O2S2/c1-6-13-8(5-17-6)4-9-14-10(7-2-3-7)11(18-9)12(15)16/h5,7H,2-4H2,1H3,(H,15,16). The first-order valence-electron chi connectivity index (χ1n) is 5.77. The molecule has 2 heterocycles. The Balaban J connectivity index is 1.88. The lowest BCUT2D eigenvalue weighted by Gasteiger charge is -1.92. The van der Waals surface area contributed by atoms with Gasteiger partial charge in [0, 0.05) is 17.7 Å². The van der Waals surface area contributed by atoms with Crippen molar-refractivity contribution < 1.29 is 9.90 Å². The first kappa shape index (κ1) is 11.8. The second-order valence-corrected chi connectivity index (χ2v) is 6.58. The molecule has 2 aromatic rings. The van der Waals surface area contributed by atoms with E-state index in [1.54, 1.807) is 11.3 Å². The summed E-state index contributed by atoms with van der Waals surface area (Å²) in [5.41, 5.74) is 1.76. The lowest BCUT2D eigenvalue weighted by atomic mass is 10.2. The van der Waals surface area contributed by atoms with Crippen LogP contribution in [-0.2, 0) is 6.42 Å². The number of thiazole rings is 2. The number of aromatic carboxylic acids is 1. The smallest absolute Gasteiger partial charge is 0.347 e. The van der Waals surface area contributed by atoms with Gasteiger partial charge < -0.3 is 5.11 Å². The molecule has 1 saturated carbocycles. The van der Waals surface area contributed by atoms with E-state index in [2.05, 4.69) is 9.97 Å². The second-order valence-electron chi connectivity index (χ2n) is 4.44. The van der Waals surface area contributed by atoms with Crippen molar-refractivity contribution in [2.24, 2.45) is 0 Å². The molecule has 0 radical (unpaired) electrons. The number of carbonyl (C=O) groups is 1. The Hall–Kier alpha value is -1.27. The van der Waals surface area contributed by atoms with Gasteiger partial charge in [-0.15, -0.1) is 22.7 Å². The number of aryl methyl sites for hydroxylation is 1. The highest BCUT2D eigenvalue weighted by Gasteiger charge is 2.32. The minimum atomic E-state index is -0.852. The molecule has 0 aliphatic heterocycles. The number of nitrogens with zero attached hydrogens (tertiary/aromatic N) is 2. The maximum absolute atomic E-state index is 11.2. The van der Waals surface area contributed by atoms with Crippen LogP contribution >= 0.6 is 22.7 Å². The Bertz CT molecular complexity index is 599. The van der Waals surface area contributed by atoms with E-state index in [0.29, 0.717) is 17.2 Å². The van der Waals surface area contributed by atoms with Crippen molar-refractivity contribution in [2.45, 2.75) is 32.1 Å². The van der Waals surface area contributed by atoms with Gasteiger partial charge in [0.2, 0.25) is 0 Å². The highest BCUT2D eigenvalue weighted by molar-refractivity contribution is 7.13. The summed E-state index contributed by atoms with van der Waals surface area (Å²) in [5.74, 6) is -0.478. The number of carboxylic acids is 1. The quantitative estimate of drug-likeness (QED) is 0.934. The monoisotopic (exact) mass is 280 g/mol. The number of hydrogen-bond donors (Lipinski definition) is 1. The molecule has 0 saturated heterocycles. The molecule has 3 rings (SSSR count). The van der Waals surface area contributed by atoms with E-state index in [1.807, 2.05) is 12.3 Å². The Morgan fingerprint density at radius 2 is 2.28 bits per heavy atom. The Morgan fingerprint density at radius 3 is 2.83 bits per heavy atom. The van der Waals surface area contributed by atoms with Gasteiger partial charge >= 0.3 is 5.97 Å². The Labute approximate surface area is 112 Å². The van der Waals surface area contributed by atoms with Crippen LogP contribution in [-0.4, -0.2) is 21.0 Å². The van der Waals surface area contributed by atoms with E-state index >= 15 is 0 Å². The summed E-state index contributed by atoms with van der Waals surface area (Å²) >= 11 is 2.90. The topological polar surface area (TPSA) is 63.1 Å². The van der Waals surface area contributed by atoms with E-state index < -0.39 is 5.97 Å². The fraction of sp³-hybridized carbons (Fsp3) is 0.417. The fourth-order valence-electron chi connectivity index (χ4n) is 1.88. The third-order valence-corrected chi connectivity index (χ3v) is 4.74. The summed E-state index contributed by atoms with van der Waals surface area (Å²) in [7, 11) is 0. The van der Waals surface area contributed by atoms with Crippen molar-refractivity contribution in [3.63, 3.8) is 0 Å². The van der Waals surface area contributed by atoms with Crippen LogP contribution in [0.4, 0.5) is 0 Å². The zero-order chi connectivity index (χ0) is 12.7. The molecule has 18 heavy (non-hydrogen) atoms. The molecule has 94 valence electrons. The number of hydrogen-bond acceptors (Lipinski definition) is 5. The van der Waals surface area contributed by atoms with E-state index in [0.717, 1.165) is 34.2 Å². The molecule has 1 N–H and O–H groups in total. The second kappa shape index (κ2) is 4.44. The molecule has 1 fully saturated rings. The average Bonchev–Trinajstić information content (AvgIpc) is 2.95. The third-order valence-electron chi connectivity index (χ3n) is 2.85. The average molecular weight is 280 g/mol. The van der Waals surface area contributed by atoms with Crippen LogP contribution in [0.1, 0.15) is 49.8 Å². The van der Waals surface area contributed by atoms with Gasteiger partial charge in [-0.3, -0.25) is 0 Å². The van der Waals surface area contributed by atoms with E-state index in [1.165, 1.54) is 11.3 Å². The summed E-state index contributed by atoms with van der Waals surface area (Å²) in [6.45, 7) is 1.97. The van der Waals surface area contributed by atoms with Crippen LogP contribution in [0.3, 0.4) is 0 Å². The maximum atomic E-state index is 11.2. The van der Waals surface area contributed by atoms with E-state index in [4.69, 9.17) is 0 Å². The summed E-state index contributed by atoms with van der Waals surface area (Å²) in [5, 5.41) is 13.1. The molecule has 2 aromatic heterocycles. The molecule has 1 aliphatic rings. The number of rotatable bonds is 4. The van der Waals surface area contributed by atoms with Crippen molar-refractivity contribution in [1.29, 1.82) is 0 Å². The molecule has 0 spiro atoms. The van der Waals surface area contributed by atoms with Gasteiger partial charge in [-0.1, -0.05) is 0 Å². The van der Waals surface area contributed by atoms with Crippen molar-refractivity contribution in [1.82, 2.24) is 9.97 Å². The normalized spacial score (nSPS) is 14.9. The number of aromatic nitrogens is 2. The zero-order valence-electron chi connectivity index (χ0n) is 9.84. The summed E-state index contributed by atoms with van der Waals surface area (Å²) in [6, 6.07) is 0. The maximum Gasteiger partial charge on any atom is 0.347 e. The van der Waals surface area contributed by atoms with Gasteiger partial charge in [0.05, 0.1) is 21.4 Å². The highest BCUT2D eigenvalue weighted by atomic mass is 32.1. The van der Waals surface area contributed by atoms with Gasteiger partial charge in [0.15, 0.2) is 0 Å². The lowest BCUT2D eigenvalue weighted by Crippen LogP contribution is -1.97. The van der Waals surface area contributed by atoms with Gasteiger partial charge in [-0.25, -0.2) is 14.8 Å². The highest BCUT2D eigenvalue weighted by Crippen LogP contribution is 2.42. The molecule has 0 bridgehead atoms. The SMILES string of the molecule is Cc1nc(Cc2nc(C3CC3)c(C(=O)O)s2)cs1. The predicted molar refractivity (Wildman–Crippen MR) is 70.7 cm³/mol. The van der Waals surface area contributed by atoms with Gasteiger partial charge in [0.1, 0.15) is 4.88 Å². The lowest BCUT2D eigenvalue weighted by molar-refractivity contribution is 0.0700. The van der Waals surface area contributed by atoms with Crippen LogP contribution in [0.25, 0.3) is 0 Å². The van der Waals surface area contributed by atoms with Crippen LogP contribution < -0.4 is 0 Å². The molecule has 0 amide bonds. The minimum absolute atomic E-state index is 0.373. The van der Waals surface area contributed by atoms with Crippen LogP contribution in [0.5, 0.6) is 0 Å². The van der Waals surface area contributed by atoms with Gasteiger partial charge in [-0.2, -0.15) is 0 Å². The van der Waals surface area contributed by atoms with Gasteiger partial charge in [-0.05, 0) is 19.8 Å². The Kier molecular flexibility index (Phi) is 2.91. The van der Waals surface area contributed by atoms with Gasteiger partial charge in [0.25, 0.3) is 0 Å². The molecular formula is C12H12N2O2S2. The first-order chi connectivity index (χ1) is 8.63.